The maximum Gasteiger partial charge on any atom is 0.280 e. The number of carbonyl (C=O) groups is 1. The number of halogens is 1. The van der Waals surface area contributed by atoms with Crippen LogP contribution in [-0.4, -0.2) is 33.2 Å². The van der Waals surface area contributed by atoms with Gasteiger partial charge in [-0.25, -0.2) is 15.0 Å². The molecule has 64 valence electrons. The van der Waals surface area contributed by atoms with E-state index >= 15 is 0 Å². The number of aromatic nitrogens is 2. The monoisotopic (exact) mass is 187 g/mol. The highest BCUT2D eigenvalue weighted by Crippen LogP contribution is 2.02. The third kappa shape index (κ3) is 1.90. The highest BCUT2D eigenvalue weighted by molar-refractivity contribution is 6.28. The van der Waals surface area contributed by atoms with Gasteiger partial charge in [-0.15, -0.1) is 0 Å². The van der Waals surface area contributed by atoms with Crippen molar-refractivity contribution in [1.29, 1.82) is 0 Å². The van der Waals surface area contributed by atoms with Gasteiger partial charge in [-0.1, -0.05) is 0 Å². The molecule has 12 heavy (non-hydrogen) atoms. The van der Waals surface area contributed by atoms with Crippen LogP contribution in [0.4, 0.5) is 0 Å². The Kier molecular flexibility index (Phi) is 2.57. The minimum absolute atomic E-state index is 0.0622. The van der Waals surface area contributed by atoms with Crippen molar-refractivity contribution in [2.75, 3.05) is 7.05 Å². The largest absolute Gasteiger partial charge is 0.286 e. The van der Waals surface area contributed by atoms with Crippen molar-refractivity contribution in [3.8, 4) is 0 Å². The SMILES string of the molecule is CN(O)C(=O)c1cnc(Cl)nc1. The van der Waals surface area contributed by atoms with Crippen LogP contribution in [0.25, 0.3) is 0 Å². The van der Waals surface area contributed by atoms with Crippen molar-refractivity contribution >= 4 is 17.5 Å². The number of amides is 1. The molecule has 1 amide bonds. The Morgan fingerprint density at radius 2 is 2.08 bits per heavy atom. The van der Waals surface area contributed by atoms with Gasteiger partial charge in [-0.2, -0.15) is 0 Å². The predicted molar refractivity (Wildman–Crippen MR) is 40.9 cm³/mol. The molecular weight excluding hydrogens is 182 g/mol. The van der Waals surface area contributed by atoms with E-state index in [0.717, 1.165) is 0 Å². The Morgan fingerprint density at radius 1 is 1.58 bits per heavy atom. The molecule has 1 rings (SSSR count). The van der Waals surface area contributed by atoms with Crippen LogP contribution in [0.3, 0.4) is 0 Å². The standard InChI is InChI=1S/C6H6ClN3O2/c1-10(12)5(11)4-2-8-6(7)9-3-4/h2-3,12H,1H3. The summed E-state index contributed by atoms with van der Waals surface area (Å²) in [4.78, 5) is 18.2. The van der Waals surface area contributed by atoms with Gasteiger partial charge in [-0.05, 0) is 11.6 Å². The minimum Gasteiger partial charge on any atom is -0.286 e. The second-order valence-corrected chi connectivity index (χ2v) is 2.41. The molecule has 0 aromatic carbocycles. The molecule has 0 atom stereocenters. The summed E-state index contributed by atoms with van der Waals surface area (Å²) >= 11 is 5.39. The lowest BCUT2D eigenvalue weighted by molar-refractivity contribution is -0.0375. The van der Waals surface area contributed by atoms with Crippen LogP contribution >= 0.6 is 11.6 Å². The molecule has 0 fully saturated rings. The summed E-state index contributed by atoms with van der Waals surface area (Å²) in [6.07, 6.45) is 2.48. The van der Waals surface area contributed by atoms with E-state index in [1.807, 2.05) is 0 Å². The molecule has 0 aliphatic carbocycles. The van der Waals surface area contributed by atoms with Crippen molar-refractivity contribution in [2.24, 2.45) is 0 Å². The van der Waals surface area contributed by atoms with Crippen LogP contribution < -0.4 is 0 Å². The third-order valence-corrected chi connectivity index (χ3v) is 1.36. The van der Waals surface area contributed by atoms with Crippen molar-refractivity contribution in [3.63, 3.8) is 0 Å². The molecule has 0 aliphatic heterocycles. The number of hydrogen-bond donors (Lipinski definition) is 1. The minimum atomic E-state index is -0.577. The smallest absolute Gasteiger partial charge is 0.280 e. The predicted octanol–water partition coefficient (Wildman–Crippen LogP) is 0.591. The quantitative estimate of drug-likeness (QED) is 0.397. The molecule has 0 bridgehead atoms. The van der Waals surface area contributed by atoms with Crippen LogP contribution in [0.1, 0.15) is 10.4 Å². The third-order valence-electron chi connectivity index (χ3n) is 1.16. The fourth-order valence-electron chi connectivity index (χ4n) is 0.610. The van der Waals surface area contributed by atoms with E-state index < -0.39 is 5.91 Å². The van der Waals surface area contributed by atoms with Gasteiger partial charge in [0.05, 0.1) is 5.56 Å². The molecule has 0 spiro atoms. The molecule has 1 heterocycles. The first-order valence-electron chi connectivity index (χ1n) is 3.05. The zero-order valence-electron chi connectivity index (χ0n) is 6.23. The average molecular weight is 188 g/mol. The molecule has 0 saturated heterocycles. The average Bonchev–Trinajstić information content (AvgIpc) is 2.04. The maximum absolute atomic E-state index is 11.0. The van der Waals surface area contributed by atoms with Gasteiger partial charge in [0.2, 0.25) is 5.28 Å². The summed E-state index contributed by atoms with van der Waals surface area (Å²) in [6.45, 7) is 0. The van der Waals surface area contributed by atoms with Crippen LogP contribution in [0, 0.1) is 0 Å². The van der Waals surface area contributed by atoms with Crippen molar-refractivity contribution in [3.05, 3.63) is 23.2 Å². The molecule has 0 aliphatic rings. The summed E-state index contributed by atoms with van der Waals surface area (Å²) in [6, 6.07) is 0. The Morgan fingerprint density at radius 3 is 2.50 bits per heavy atom. The molecule has 0 saturated carbocycles. The number of hydroxylamine groups is 2. The summed E-state index contributed by atoms with van der Waals surface area (Å²) in [5.41, 5.74) is 0.185. The van der Waals surface area contributed by atoms with Crippen LogP contribution in [0.15, 0.2) is 12.4 Å². The molecule has 1 aromatic heterocycles. The fourth-order valence-corrected chi connectivity index (χ4v) is 0.707. The van der Waals surface area contributed by atoms with Crippen molar-refractivity contribution < 1.29 is 10.0 Å². The van der Waals surface area contributed by atoms with Crippen molar-refractivity contribution in [1.82, 2.24) is 15.0 Å². The summed E-state index contributed by atoms with van der Waals surface area (Å²) < 4.78 is 0. The van der Waals surface area contributed by atoms with Gasteiger partial charge >= 0.3 is 0 Å². The second-order valence-electron chi connectivity index (χ2n) is 2.07. The number of rotatable bonds is 1. The van der Waals surface area contributed by atoms with Crippen LogP contribution in [0.5, 0.6) is 0 Å². The molecule has 1 N–H and O–H groups in total. The van der Waals surface area contributed by atoms with Gasteiger partial charge in [0.15, 0.2) is 0 Å². The zero-order valence-corrected chi connectivity index (χ0v) is 6.99. The first-order valence-corrected chi connectivity index (χ1v) is 3.43. The zero-order chi connectivity index (χ0) is 9.14. The Hall–Kier alpha value is -1.20. The Bertz CT molecular complexity index is 285. The molecule has 1 aromatic rings. The molecule has 6 heteroatoms. The first-order chi connectivity index (χ1) is 5.61. The highest BCUT2D eigenvalue weighted by Gasteiger charge is 2.09. The van der Waals surface area contributed by atoms with Crippen LogP contribution in [0.2, 0.25) is 5.28 Å². The number of nitrogens with zero attached hydrogens (tertiary/aromatic N) is 3. The second kappa shape index (κ2) is 3.46. The maximum atomic E-state index is 11.0. The normalized spacial score (nSPS) is 9.58. The van der Waals surface area contributed by atoms with Crippen LogP contribution in [-0.2, 0) is 0 Å². The van der Waals surface area contributed by atoms with E-state index in [1.54, 1.807) is 0 Å². The molecule has 5 nitrogen and oxygen atoms in total. The first kappa shape index (κ1) is 8.89. The Balaban J connectivity index is 2.90. The summed E-state index contributed by atoms with van der Waals surface area (Å²) in [7, 11) is 1.22. The van der Waals surface area contributed by atoms with E-state index in [1.165, 1.54) is 19.4 Å². The Labute approximate surface area is 73.6 Å². The number of carbonyl (C=O) groups excluding carboxylic acids is 1. The van der Waals surface area contributed by atoms with Gasteiger partial charge in [0.25, 0.3) is 5.91 Å². The van der Waals surface area contributed by atoms with Gasteiger partial charge in [-0.3, -0.25) is 10.0 Å². The van der Waals surface area contributed by atoms with E-state index in [-0.39, 0.29) is 10.8 Å². The summed E-state index contributed by atoms with van der Waals surface area (Å²) in [5, 5.41) is 9.25. The topological polar surface area (TPSA) is 66.3 Å². The van der Waals surface area contributed by atoms with E-state index in [2.05, 4.69) is 9.97 Å². The molecule has 0 unspecified atom stereocenters. The highest BCUT2D eigenvalue weighted by atomic mass is 35.5. The van der Waals surface area contributed by atoms with E-state index in [9.17, 15) is 4.79 Å². The lowest BCUT2D eigenvalue weighted by Gasteiger charge is -2.06. The molecular formula is C6H6ClN3O2. The van der Waals surface area contributed by atoms with E-state index in [0.29, 0.717) is 5.06 Å². The van der Waals surface area contributed by atoms with Crippen molar-refractivity contribution in [2.45, 2.75) is 0 Å². The lowest BCUT2D eigenvalue weighted by atomic mass is 10.3. The van der Waals surface area contributed by atoms with Gasteiger partial charge < -0.3 is 0 Å². The van der Waals surface area contributed by atoms with Gasteiger partial charge in [0.1, 0.15) is 0 Å². The fraction of sp³-hybridized carbons (Fsp3) is 0.167. The lowest BCUT2D eigenvalue weighted by Crippen LogP contribution is -2.22. The van der Waals surface area contributed by atoms with E-state index in [4.69, 9.17) is 16.8 Å². The summed E-state index contributed by atoms with van der Waals surface area (Å²) in [5.74, 6) is -0.577. The molecule has 0 radical (unpaired) electrons. The number of hydrogen-bond acceptors (Lipinski definition) is 4. The van der Waals surface area contributed by atoms with Gasteiger partial charge in [0, 0.05) is 19.4 Å².